The Morgan fingerprint density at radius 3 is 2.06 bits per heavy atom. The number of nitrogens with zero attached hydrogens (tertiary/aromatic N) is 3. The molecule has 3 atom stereocenters. The molecule has 50 heavy (non-hydrogen) atoms. The molecule has 4 rings (SSSR count). The van der Waals surface area contributed by atoms with Crippen LogP contribution >= 0.6 is 22.7 Å². The van der Waals surface area contributed by atoms with Crippen LogP contribution in [0.25, 0.3) is 0 Å². The highest BCUT2D eigenvalue weighted by molar-refractivity contribution is 7.09. The van der Waals surface area contributed by atoms with Gasteiger partial charge in [0.15, 0.2) is 0 Å². The van der Waals surface area contributed by atoms with Crippen molar-refractivity contribution in [3.05, 3.63) is 104 Å². The molecule has 0 saturated heterocycles. The molecule has 0 aliphatic carbocycles. The average Bonchev–Trinajstić information content (AvgIpc) is 3.82. The van der Waals surface area contributed by atoms with E-state index < -0.39 is 12.1 Å². The molecule has 4 aromatic rings. The van der Waals surface area contributed by atoms with Crippen molar-refractivity contribution in [3.8, 4) is 0 Å². The van der Waals surface area contributed by atoms with Gasteiger partial charge in [0.1, 0.15) is 12.6 Å². The van der Waals surface area contributed by atoms with Crippen LogP contribution in [0.2, 0.25) is 0 Å². The van der Waals surface area contributed by atoms with E-state index in [1.54, 1.807) is 35.0 Å². The zero-order valence-corrected chi connectivity index (χ0v) is 30.9. The highest BCUT2D eigenvalue weighted by Gasteiger charge is 2.26. The van der Waals surface area contributed by atoms with Gasteiger partial charge >= 0.3 is 12.1 Å². The monoisotopic (exact) mass is 719 g/mol. The minimum absolute atomic E-state index is 0.152. The zero-order valence-electron chi connectivity index (χ0n) is 29.3. The summed E-state index contributed by atoms with van der Waals surface area (Å²) < 4.78 is 5.49. The fraction of sp³-hybridized carbons (Fsp3) is 0.432. The van der Waals surface area contributed by atoms with Crippen molar-refractivity contribution in [2.75, 3.05) is 20.6 Å². The summed E-state index contributed by atoms with van der Waals surface area (Å²) >= 11 is 3.02. The fourth-order valence-corrected chi connectivity index (χ4v) is 6.73. The second kappa shape index (κ2) is 20.4. The summed E-state index contributed by atoms with van der Waals surface area (Å²) in [5.74, 6) is 0.0638. The van der Waals surface area contributed by atoms with Crippen LogP contribution < -0.4 is 21.3 Å². The van der Waals surface area contributed by atoms with Crippen LogP contribution in [0.3, 0.4) is 0 Å². The van der Waals surface area contributed by atoms with Crippen LogP contribution in [0.1, 0.15) is 65.7 Å². The molecular formula is C37H49N7O4S2. The molecule has 0 aliphatic heterocycles. The Balaban J connectivity index is 1.43. The number of carbonyl (C=O) groups is 3. The van der Waals surface area contributed by atoms with Crippen LogP contribution in [0.5, 0.6) is 0 Å². The number of hydrogen-bond donors (Lipinski definition) is 4. The maximum atomic E-state index is 13.9. The Labute approximate surface area is 303 Å². The number of thiazole rings is 2. The van der Waals surface area contributed by atoms with Gasteiger partial charge in [-0.1, -0.05) is 74.5 Å². The lowest BCUT2D eigenvalue weighted by atomic mass is 9.95. The molecule has 13 heteroatoms. The molecular weight excluding hydrogens is 671 g/mol. The number of alkyl carbamates (subject to hydrolysis) is 1. The summed E-state index contributed by atoms with van der Waals surface area (Å²) in [7, 11) is 3.52. The summed E-state index contributed by atoms with van der Waals surface area (Å²) in [4.78, 5) is 51.1. The van der Waals surface area contributed by atoms with Crippen molar-refractivity contribution in [1.29, 1.82) is 0 Å². The van der Waals surface area contributed by atoms with Gasteiger partial charge < -0.3 is 30.9 Å². The van der Waals surface area contributed by atoms with E-state index in [4.69, 9.17) is 4.74 Å². The van der Waals surface area contributed by atoms with Crippen molar-refractivity contribution >= 4 is 40.7 Å². The molecule has 4 N–H and O–H groups in total. The first-order chi connectivity index (χ1) is 24.2. The number of urea groups is 1. The first-order valence-electron chi connectivity index (χ1n) is 17.0. The molecule has 2 aromatic carbocycles. The van der Waals surface area contributed by atoms with Crippen LogP contribution in [0, 0.1) is 0 Å². The molecule has 0 fully saturated rings. The number of hydrogen-bond acceptors (Lipinski definition) is 9. The number of amides is 4. The lowest BCUT2D eigenvalue weighted by Crippen LogP contribution is -2.53. The van der Waals surface area contributed by atoms with E-state index in [9.17, 15) is 14.4 Å². The van der Waals surface area contributed by atoms with Crippen molar-refractivity contribution in [3.63, 3.8) is 0 Å². The maximum Gasteiger partial charge on any atom is 0.407 e. The van der Waals surface area contributed by atoms with Gasteiger partial charge in [-0.15, -0.1) is 22.7 Å². The van der Waals surface area contributed by atoms with Crippen molar-refractivity contribution in [2.45, 2.75) is 83.1 Å². The summed E-state index contributed by atoms with van der Waals surface area (Å²) in [6.45, 7) is 5.22. The topological polar surface area (TPSA) is 138 Å². The van der Waals surface area contributed by atoms with Gasteiger partial charge in [-0.2, -0.15) is 0 Å². The SMILES string of the molecule is CNCC[C@H](NC(=O)N(C)Cc1csc(C(C)C)n1)C(=O)N[C@H](CC[C@H](Cc1ccccc1)NC(=O)OCc1cncs1)Cc1ccccc1. The molecule has 0 bridgehead atoms. The Morgan fingerprint density at radius 1 is 0.860 bits per heavy atom. The average molecular weight is 720 g/mol. The molecule has 11 nitrogen and oxygen atoms in total. The lowest BCUT2D eigenvalue weighted by Gasteiger charge is -2.27. The molecule has 0 radical (unpaired) electrons. The number of ether oxygens (including phenoxy) is 1. The molecule has 4 amide bonds. The lowest BCUT2D eigenvalue weighted by molar-refractivity contribution is -0.123. The molecule has 0 aliphatic rings. The van der Waals surface area contributed by atoms with Crippen LogP contribution in [-0.2, 0) is 35.5 Å². The summed E-state index contributed by atoms with van der Waals surface area (Å²) in [6, 6.07) is 18.4. The minimum Gasteiger partial charge on any atom is -0.444 e. The third-order valence-corrected chi connectivity index (χ3v) is 10.1. The maximum absolute atomic E-state index is 13.9. The van der Waals surface area contributed by atoms with E-state index in [2.05, 4.69) is 45.1 Å². The predicted octanol–water partition coefficient (Wildman–Crippen LogP) is 5.89. The van der Waals surface area contributed by atoms with E-state index in [0.29, 0.717) is 51.1 Å². The Hall–Kier alpha value is -4.33. The molecule has 0 spiro atoms. The number of aromatic nitrogens is 2. The quantitative estimate of drug-likeness (QED) is 0.0949. The van der Waals surface area contributed by atoms with Crippen molar-refractivity contribution < 1.29 is 19.1 Å². The van der Waals surface area contributed by atoms with Crippen LogP contribution in [0.4, 0.5) is 9.59 Å². The number of nitrogens with one attached hydrogen (secondary N) is 4. The molecule has 2 heterocycles. The van der Waals surface area contributed by atoms with Gasteiger partial charge in [0.2, 0.25) is 5.91 Å². The number of carbonyl (C=O) groups excluding carboxylic acids is 3. The van der Waals surface area contributed by atoms with E-state index in [1.807, 2.05) is 73.1 Å². The van der Waals surface area contributed by atoms with Crippen LogP contribution in [-0.4, -0.2) is 71.7 Å². The van der Waals surface area contributed by atoms with E-state index in [-0.39, 0.29) is 30.6 Å². The Morgan fingerprint density at radius 2 is 1.50 bits per heavy atom. The predicted molar refractivity (Wildman–Crippen MR) is 199 cm³/mol. The smallest absolute Gasteiger partial charge is 0.407 e. The van der Waals surface area contributed by atoms with Gasteiger partial charge in [0.25, 0.3) is 0 Å². The highest BCUT2D eigenvalue weighted by atomic mass is 32.1. The Bertz CT molecular complexity index is 1590. The molecule has 2 aromatic heterocycles. The van der Waals surface area contributed by atoms with Crippen molar-refractivity contribution in [1.82, 2.24) is 36.1 Å². The highest BCUT2D eigenvalue weighted by Crippen LogP contribution is 2.20. The second-order valence-electron chi connectivity index (χ2n) is 12.6. The third-order valence-electron chi connectivity index (χ3n) is 8.12. The normalized spacial score (nSPS) is 12.9. The molecule has 0 saturated carbocycles. The molecule has 268 valence electrons. The number of rotatable bonds is 19. The van der Waals surface area contributed by atoms with Gasteiger partial charge in [-0.25, -0.2) is 14.6 Å². The van der Waals surface area contributed by atoms with E-state index in [1.165, 1.54) is 11.3 Å². The number of benzene rings is 2. The first kappa shape index (κ1) is 38.5. The summed E-state index contributed by atoms with van der Waals surface area (Å²) in [6.07, 6.45) is 3.97. The van der Waals surface area contributed by atoms with E-state index in [0.717, 1.165) is 26.7 Å². The largest absolute Gasteiger partial charge is 0.444 e. The minimum atomic E-state index is -0.753. The van der Waals surface area contributed by atoms with Gasteiger partial charge in [-0.3, -0.25) is 9.78 Å². The van der Waals surface area contributed by atoms with Gasteiger partial charge in [0, 0.05) is 36.6 Å². The van der Waals surface area contributed by atoms with Gasteiger partial charge in [0.05, 0.1) is 27.6 Å². The summed E-state index contributed by atoms with van der Waals surface area (Å²) in [5, 5.41) is 15.3. The summed E-state index contributed by atoms with van der Waals surface area (Å²) in [5.41, 5.74) is 4.68. The fourth-order valence-electron chi connectivity index (χ4n) is 5.40. The third kappa shape index (κ3) is 13.2. The zero-order chi connectivity index (χ0) is 35.7. The standard InChI is InChI=1S/C37H49N7O4S2/c1-26(2)35-41-31(24-49-35)22-44(4)36(46)43-33(17-18-38-3)34(45)40-29(19-27-11-7-5-8-12-27)15-16-30(20-28-13-9-6-10-14-28)42-37(47)48-23-32-21-39-25-50-32/h5-14,21,24-26,29-30,33,38H,15-20,22-23H2,1-4H3,(H,40,45)(H,42,47)(H,43,46)/t29-,30-,33+/m1/s1. The Kier molecular flexibility index (Phi) is 15.7. The second-order valence-corrected chi connectivity index (χ2v) is 14.5. The van der Waals surface area contributed by atoms with Crippen LogP contribution in [0.15, 0.2) is 77.8 Å². The van der Waals surface area contributed by atoms with Crippen molar-refractivity contribution in [2.24, 2.45) is 0 Å². The van der Waals surface area contributed by atoms with E-state index >= 15 is 0 Å². The first-order valence-corrected chi connectivity index (χ1v) is 18.8. The van der Waals surface area contributed by atoms with Gasteiger partial charge in [-0.05, 0) is 56.8 Å². The molecule has 0 unspecified atom stereocenters.